The molecule has 2 rings (SSSR count). The third-order valence-corrected chi connectivity index (χ3v) is 2.90. The van der Waals surface area contributed by atoms with Crippen molar-refractivity contribution >= 4 is 11.8 Å². The number of aromatic nitrogens is 2. The molecule has 0 radical (unpaired) electrons. The number of benzene rings is 1. The average Bonchev–Trinajstić information content (AvgIpc) is 2.98. The summed E-state index contributed by atoms with van der Waals surface area (Å²) in [5, 5.41) is 5.94. The summed E-state index contributed by atoms with van der Waals surface area (Å²) in [6.07, 6.45) is 2.94. The molecule has 0 fully saturated rings. The molecule has 1 aromatic heterocycles. The van der Waals surface area contributed by atoms with Gasteiger partial charge in [-0.15, -0.1) is 0 Å². The van der Waals surface area contributed by atoms with Gasteiger partial charge in [0.2, 0.25) is 0 Å². The molecular formula is C17H24N4O3. The number of nitrogens with one attached hydrogen (secondary N) is 3. The van der Waals surface area contributed by atoms with E-state index < -0.39 is 11.7 Å². The Bertz CT molecular complexity index is 636. The van der Waals surface area contributed by atoms with Crippen molar-refractivity contribution in [1.29, 1.82) is 0 Å². The Hall–Kier alpha value is -2.54. The third-order valence-electron chi connectivity index (χ3n) is 2.90. The second-order valence-electron chi connectivity index (χ2n) is 6.26. The van der Waals surface area contributed by atoms with Crippen molar-refractivity contribution in [3.05, 3.63) is 42.5 Å². The molecule has 1 amide bonds. The lowest BCUT2D eigenvalue weighted by atomic mass is 10.2. The Morgan fingerprint density at radius 3 is 2.88 bits per heavy atom. The number of ether oxygens (including phenoxy) is 2. The van der Waals surface area contributed by atoms with Crippen molar-refractivity contribution < 1.29 is 14.3 Å². The minimum atomic E-state index is -0.529. The van der Waals surface area contributed by atoms with Crippen LogP contribution in [0.4, 0.5) is 10.5 Å². The van der Waals surface area contributed by atoms with E-state index in [0.29, 0.717) is 31.1 Å². The van der Waals surface area contributed by atoms with Gasteiger partial charge in [-0.25, -0.2) is 9.78 Å². The number of nitrogens with zero attached hydrogens (tertiary/aromatic N) is 1. The number of carbonyl (C=O) groups excluding carboxylic acids is 1. The zero-order valence-corrected chi connectivity index (χ0v) is 14.3. The number of hydrogen-bond acceptors (Lipinski definition) is 5. The van der Waals surface area contributed by atoms with E-state index in [1.165, 1.54) is 0 Å². The Morgan fingerprint density at radius 2 is 2.17 bits per heavy atom. The topological polar surface area (TPSA) is 88.3 Å². The van der Waals surface area contributed by atoms with Crippen LogP contribution in [0.5, 0.6) is 5.75 Å². The highest BCUT2D eigenvalue weighted by Gasteiger charge is 2.16. The molecule has 0 aliphatic carbocycles. The molecule has 130 valence electrons. The molecule has 1 heterocycles. The summed E-state index contributed by atoms with van der Waals surface area (Å²) >= 11 is 0. The number of rotatable bonds is 7. The lowest BCUT2D eigenvalue weighted by molar-refractivity contribution is 0.0636. The molecule has 0 unspecified atom stereocenters. The van der Waals surface area contributed by atoms with E-state index in [1.54, 1.807) is 24.7 Å². The second kappa shape index (κ2) is 8.35. The van der Waals surface area contributed by atoms with Crippen LogP contribution in [0.3, 0.4) is 0 Å². The Labute approximate surface area is 141 Å². The molecule has 2 aromatic rings. The first kappa shape index (κ1) is 17.8. The molecule has 24 heavy (non-hydrogen) atoms. The van der Waals surface area contributed by atoms with Crippen LogP contribution < -0.4 is 15.4 Å². The SMILES string of the molecule is CC(C)(C)OC(=O)Nc1cccc(OCCNCc2cnc[nH]2)c1. The second-order valence-corrected chi connectivity index (χ2v) is 6.26. The molecule has 1 aromatic carbocycles. The quantitative estimate of drug-likeness (QED) is 0.679. The van der Waals surface area contributed by atoms with Crippen molar-refractivity contribution in [3.63, 3.8) is 0 Å². The van der Waals surface area contributed by atoms with Crippen molar-refractivity contribution in [3.8, 4) is 5.75 Å². The first-order valence-electron chi connectivity index (χ1n) is 7.83. The molecule has 0 bridgehead atoms. The molecule has 0 spiro atoms. The predicted molar refractivity (Wildman–Crippen MR) is 92.1 cm³/mol. The number of anilines is 1. The van der Waals surface area contributed by atoms with E-state index in [1.807, 2.05) is 32.9 Å². The van der Waals surface area contributed by atoms with E-state index >= 15 is 0 Å². The Balaban J connectivity index is 1.72. The summed E-state index contributed by atoms with van der Waals surface area (Å²) in [6, 6.07) is 7.21. The summed E-state index contributed by atoms with van der Waals surface area (Å²) in [5.41, 5.74) is 1.13. The fourth-order valence-corrected chi connectivity index (χ4v) is 1.93. The number of amides is 1. The minimum absolute atomic E-state index is 0.485. The maximum Gasteiger partial charge on any atom is 0.412 e. The van der Waals surface area contributed by atoms with Gasteiger partial charge in [0.25, 0.3) is 0 Å². The van der Waals surface area contributed by atoms with E-state index in [4.69, 9.17) is 9.47 Å². The van der Waals surface area contributed by atoms with Crippen LogP contribution in [0.15, 0.2) is 36.8 Å². The van der Waals surface area contributed by atoms with Gasteiger partial charge < -0.3 is 19.8 Å². The highest BCUT2D eigenvalue weighted by atomic mass is 16.6. The largest absolute Gasteiger partial charge is 0.492 e. The van der Waals surface area contributed by atoms with Crippen molar-refractivity contribution in [2.24, 2.45) is 0 Å². The number of H-pyrrole nitrogens is 1. The first-order valence-corrected chi connectivity index (χ1v) is 7.83. The van der Waals surface area contributed by atoms with Crippen molar-refractivity contribution in [2.45, 2.75) is 32.9 Å². The van der Waals surface area contributed by atoms with Crippen LogP contribution in [-0.4, -0.2) is 34.8 Å². The van der Waals surface area contributed by atoms with Gasteiger partial charge in [-0.05, 0) is 32.9 Å². The van der Waals surface area contributed by atoms with Gasteiger partial charge in [0.15, 0.2) is 0 Å². The smallest absolute Gasteiger partial charge is 0.412 e. The number of imidazole rings is 1. The normalized spacial score (nSPS) is 11.1. The van der Waals surface area contributed by atoms with Crippen molar-refractivity contribution in [1.82, 2.24) is 15.3 Å². The summed E-state index contributed by atoms with van der Waals surface area (Å²) in [7, 11) is 0. The predicted octanol–water partition coefficient (Wildman–Crippen LogP) is 2.93. The summed E-state index contributed by atoms with van der Waals surface area (Å²) in [5.74, 6) is 0.687. The zero-order valence-electron chi connectivity index (χ0n) is 14.3. The molecule has 7 heteroatoms. The molecule has 0 aliphatic heterocycles. The van der Waals surface area contributed by atoms with Crippen LogP contribution in [0.2, 0.25) is 0 Å². The maximum absolute atomic E-state index is 11.8. The summed E-state index contributed by atoms with van der Waals surface area (Å²) in [6.45, 7) is 7.39. The van der Waals surface area contributed by atoms with Crippen LogP contribution >= 0.6 is 0 Å². The van der Waals surface area contributed by atoms with Gasteiger partial charge in [-0.2, -0.15) is 0 Å². The summed E-state index contributed by atoms with van der Waals surface area (Å²) < 4.78 is 10.9. The summed E-state index contributed by atoms with van der Waals surface area (Å²) in [4.78, 5) is 18.7. The van der Waals surface area contributed by atoms with Crippen LogP contribution in [0.1, 0.15) is 26.5 Å². The van der Waals surface area contributed by atoms with Gasteiger partial charge in [-0.3, -0.25) is 5.32 Å². The number of hydrogen-bond donors (Lipinski definition) is 3. The lowest BCUT2D eigenvalue weighted by Gasteiger charge is -2.19. The third kappa shape index (κ3) is 6.70. The van der Waals surface area contributed by atoms with Crippen LogP contribution in [0, 0.1) is 0 Å². The molecule has 0 saturated carbocycles. The average molecular weight is 332 g/mol. The Morgan fingerprint density at radius 1 is 1.33 bits per heavy atom. The van der Waals surface area contributed by atoms with Gasteiger partial charge >= 0.3 is 6.09 Å². The van der Waals surface area contributed by atoms with E-state index in [2.05, 4.69) is 20.6 Å². The monoisotopic (exact) mass is 332 g/mol. The van der Waals surface area contributed by atoms with Gasteiger partial charge in [-0.1, -0.05) is 6.07 Å². The highest BCUT2D eigenvalue weighted by Crippen LogP contribution is 2.18. The molecule has 0 atom stereocenters. The standard InChI is InChI=1S/C17H24N4O3/c1-17(2,3)24-16(22)21-13-5-4-6-15(9-13)23-8-7-18-10-14-11-19-12-20-14/h4-6,9,11-12,18H,7-8,10H2,1-3H3,(H,19,20)(H,21,22). The highest BCUT2D eigenvalue weighted by molar-refractivity contribution is 5.85. The maximum atomic E-state index is 11.8. The Kier molecular flexibility index (Phi) is 6.20. The van der Waals surface area contributed by atoms with E-state index in [-0.39, 0.29) is 0 Å². The molecular weight excluding hydrogens is 308 g/mol. The van der Waals surface area contributed by atoms with Gasteiger partial charge in [0.05, 0.1) is 6.33 Å². The number of carbonyl (C=O) groups is 1. The van der Waals surface area contributed by atoms with Gasteiger partial charge in [0, 0.05) is 36.7 Å². The first-order chi connectivity index (χ1) is 11.4. The zero-order chi connectivity index (χ0) is 17.4. The van der Waals surface area contributed by atoms with Crippen LogP contribution in [-0.2, 0) is 11.3 Å². The lowest BCUT2D eigenvalue weighted by Crippen LogP contribution is -2.27. The van der Waals surface area contributed by atoms with Crippen molar-refractivity contribution in [2.75, 3.05) is 18.5 Å². The minimum Gasteiger partial charge on any atom is -0.492 e. The molecule has 7 nitrogen and oxygen atoms in total. The molecule has 3 N–H and O–H groups in total. The van der Waals surface area contributed by atoms with E-state index in [0.717, 1.165) is 5.69 Å². The molecule has 0 saturated heterocycles. The van der Waals surface area contributed by atoms with Gasteiger partial charge in [0.1, 0.15) is 18.0 Å². The number of aromatic amines is 1. The fourth-order valence-electron chi connectivity index (χ4n) is 1.93. The molecule has 0 aliphatic rings. The fraction of sp³-hybridized carbons (Fsp3) is 0.412. The van der Waals surface area contributed by atoms with Crippen LogP contribution in [0.25, 0.3) is 0 Å². The van der Waals surface area contributed by atoms with E-state index in [9.17, 15) is 4.79 Å².